The zero-order valence-electron chi connectivity index (χ0n) is 16.2. The van der Waals surface area contributed by atoms with Gasteiger partial charge in [-0.05, 0) is 25.0 Å². The lowest BCUT2D eigenvalue weighted by molar-refractivity contribution is -0.145. The van der Waals surface area contributed by atoms with E-state index in [0.29, 0.717) is 4.90 Å². The van der Waals surface area contributed by atoms with Gasteiger partial charge in [-0.3, -0.25) is 19.3 Å². The van der Waals surface area contributed by atoms with Gasteiger partial charge in [-0.15, -0.1) is 11.3 Å². The number of benzene rings is 1. The summed E-state index contributed by atoms with van der Waals surface area (Å²) >= 11 is 1.49. The van der Waals surface area contributed by atoms with E-state index in [1.165, 1.54) is 16.2 Å². The van der Waals surface area contributed by atoms with Crippen molar-refractivity contribution >= 4 is 45.3 Å². The maximum atomic E-state index is 12.7. The van der Waals surface area contributed by atoms with Crippen molar-refractivity contribution in [2.45, 2.75) is 26.8 Å². The molecular weight excluding hydrogens is 380 g/mol. The quantitative estimate of drug-likeness (QED) is 0.546. The Morgan fingerprint density at radius 1 is 1.11 bits per heavy atom. The highest BCUT2D eigenvalue weighted by atomic mass is 32.1. The van der Waals surface area contributed by atoms with Gasteiger partial charge in [0.15, 0.2) is 0 Å². The van der Waals surface area contributed by atoms with E-state index in [-0.39, 0.29) is 18.5 Å². The van der Waals surface area contributed by atoms with Crippen LogP contribution in [-0.2, 0) is 14.4 Å². The minimum absolute atomic E-state index is 0.0260. The third-order valence-corrected chi connectivity index (χ3v) is 5.82. The van der Waals surface area contributed by atoms with Gasteiger partial charge in [0.2, 0.25) is 5.91 Å². The summed E-state index contributed by atoms with van der Waals surface area (Å²) in [6, 6.07) is 6.62. The third-order valence-electron chi connectivity index (χ3n) is 4.62. The molecule has 1 fully saturated rings. The van der Waals surface area contributed by atoms with Crippen LogP contribution in [0.1, 0.15) is 31.8 Å². The lowest BCUT2D eigenvalue weighted by Crippen LogP contribution is -2.43. The van der Waals surface area contributed by atoms with Crippen molar-refractivity contribution in [1.82, 2.24) is 19.7 Å². The van der Waals surface area contributed by atoms with E-state index in [4.69, 9.17) is 0 Å². The van der Waals surface area contributed by atoms with Crippen molar-refractivity contribution in [3.63, 3.8) is 0 Å². The molecule has 0 radical (unpaired) electrons. The van der Waals surface area contributed by atoms with Crippen molar-refractivity contribution < 1.29 is 19.2 Å². The molecule has 8 nitrogen and oxygen atoms in total. The Balaban J connectivity index is 1.72. The van der Waals surface area contributed by atoms with Crippen LogP contribution in [0.3, 0.4) is 0 Å². The summed E-state index contributed by atoms with van der Waals surface area (Å²) < 4.78 is 1.02. The average molecular weight is 402 g/mol. The van der Waals surface area contributed by atoms with Crippen molar-refractivity contribution in [2.75, 3.05) is 20.1 Å². The predicted molar refractivity (Wildman–Crippen MR) is 104 cm³/mol. The molecule has 9 heteroatoms. The molecule has 0 N–H and O–H groups in total. The van der Waals surface area contributed by atoms with Crippen LogP contribution in [0, 0.1) is 5.92 Å². The lowest BCUT2D eigenvalue weighted by atomic mass is 10.2. The first kappa shape index (κ1) is 19.9. The lowest BCUT2D eigenvalue weighted by Gasteiger charge is -2.25. The minimum atomic E-state index is -0.958. The first-order valence-electron chi connectivity index (χ1n) is 8.99. The first-order chi connectivity index (χ1) is 13.2. The zero-order chi connectivity index (χ0) is 20.6. The summed E-state index contributed by atoms with van der Waals surface area (Å²) in [5.41, 5.74) is 0.857. The van der Waals surface area contributed by atoms with Crippen LogP contribution in [0.15, 0.2) is 24.3 Å². The average Bonchev–Trinajstić information content (AvgIpc) is 3.18. The van der Waals surface area contributed by atoms with E-state index >= 15 is 0 Å². The highest BCUT2D eigenvalue weighted by molar-refractivity contribution is 7.18. The van der Waals surface area contributed by atoms with E-state index < -0.39 is 30.3 Å². The topological polar surface area (TPSA) is 90.9 Å². The van der Waals surface area contributed by atoms with Gasteiger partial charge in [-0.1, -0.05) is 26.0 Å². The summed E-state index contributed by atoms with van der Waals surface area (Å²) in [6.07, 6.45) is 0. The molecular formula is C19H22N4O4S. The van der Waals surface area contributed by atoms with Crippen LogP contribution >= 0.6 is 11.3 Å². The van der Waals surface area contributed by atoms with Gasteiger partial charge >= 0.3 is 17.8 Å². The fourth-order valence-electron chi connectivity index (χ4n) is 2.91. The molecule has 1 aliphatic rings. The number of nitrogens with zero attached hydrogens (tertiary/aromatic N) is 4. The second kappa shape index (κ2) is 7.67. The van der Waals surface area contributed by atoms with Crippen molar-refractivity contribution in [3.8, 4) is 0 Å². The Hall–Kier alpha value is -2.81. The molecule has 1 aromatic carbocycles. The molecule has 28 heavy (non-hydrogen) atoms. The van der Waals surface area contributed by atoms with E-state index in [9.17, 15) is 19.2 Å². The van der Waals surface area contributed by atoms with Gasteiger partial charge in [0.25, 0.3) is 0 Å². The van der Waals surface area contributed by atoms with Gasteiger partial charge in [0.1, 0.15) is 11.6 Å². The van der Waals surface area contributed by atoms with Crippen LogP contribution in [-0.4, -0.2) is 63.6 Å². The number of carbonyl (C=O) groups excluding carboxylic acids is 4. The van der Waals surface area contributed by atoms with E-state index in [2.05, 4.69) is 4.98 Å². The molecule has 1 atom stereocenters. The number of rotatable bonds is 6. The molecule has 5 amide bonds. The molecule has 1 aromatic heterocycles. The molecule has 1 saturated heterocycles. The highest BCUT2D eigenvalue weighted by Crippen LogP contribution is 2.29. The van der Waals surface area contributed by atoms with Crippen LogP contribution < -0.4 is 0 Å². The molecule has 2 aromatic rings. The second-order valence-electron chi connectivity index (χ2n) is 7.18. The van der Waals surface area contributed by atoms with Crippen LogP contribution in [0.2, 0.25) is 0 Å². The van der Waals surface area contributed by atoms with Gasteiger partial charge < -0.3 is 4.90 Å². The molecule has 3 rings (SSSR count). The summed E-state index contributed by atoms with van der Waals surface area (Å²) in [7, 11) is 1.60. The Kier molecular flexibility index (Phi) is 5.46. The molecule has 2 heterocycles. The van der Waals surface area contributed by atoms with Crippen LogP contribution in [0.25, 0.3) is 10.2 Å². The molecule has 0 bridgehead atoms. The number of carbonyl (C=O) groups is 4. The number of hydrogen-bond donors (Lipinski definition) is 0. The molecule has 0 unspecified atom stereocenters. The smallest absolute Gasteiger partial charge is 0.334 e. The normalized spacial score (nSPS) is 15.8. The molecule has 0 aliphatic carbocycles. The van der Waals surface area contributed by atoms with Crippen molar-refractivity contribution in [1.29, 1.82) is 0 Å². The summed E-state index contributed by atoms with van der Waals surface area (Å²) in [5.74, 6) is -2.25. The summed E-state index contributed by atoms with van der Waals surface area (Å²) in [4.78, 5) is 56.9. The summed E-state index contributed by atoms with van der Waals surface area (Å²) in [5, 5.41) is 0.758. The van der Waals surface area contributed by atoms with Gasteiger partial charge in [-0.2, -0.15) is 0 Å². The standard InChI is InChI=1S/C19H22N4O4S/c1-11(2)9-22-17(25)18(26)23(19(22)27)10-15(24)21(4)12(3)16-20-13-7-5-6-8-14(13)28-16/h5-8,11-12H,9-10H2,1-4H3/t12-/m0/s1. The molecule has 148 valence electrons. The maximum Gasteiger partial charge on any atom is 0.334 e. The Bertz CT molecular complexity index is 921. The Morgan fingerprint density at radius 3 is 2.39 bits per heavy atom. The third kappa shape index (κ3) is 3.62. The van der Waals surface area contributed by atoms with Gasteiger partial charge in [-0.25, -0.2) is 14.7 Å². The number of hydrogen-bond acceptors (Lipinski definition) is 6. The highest BCUT2D eigenvalue weighted by Gasteiger charge is 2.45. The number of imide groups is 2. The van der Waals surface area contributed by atoms with E-state index in [0.717, 1.165) is 20.1 Å². The first-order valence-corrected chi connectivity index (χ1v) is 9.80. The summed E-state index contributed by atoms with van der Waals surface area (Å²) in [6.45, 7) is 5.19. The zero-order valence-corrected chi connectivity index (χ0v) is 17.0. The largest absolute Gasteiger partial charge is 0.335 e. The monoisotopic (exact) mass is 402 g/mol. The second-order valence-corrected chi connectivity index (χ2v) is 8.25. The number of thiazole rings is 1. The fourth-order valence-corrected chi connectivity index (χ4v) is 3.98. The van der Waals surface area contributed by atoms with Crippen molar-refractivity contribution in [3.05, 3.63) is 29.3 Å². The molecule has 1 aliphatic heterocycles. The number of likely N-dealkylation sites (N-methyl/N-ethyl adjacent to an activating group) is 1. The minimum Gasteiger partial charge on any atom is -0.335 e. The number of para-hydroxylation sites is 1. The van der Waals surface area contributed by atoms with Crippen LogP contribution in [0.4, 0.5) is 4.79 Å². The number of amides is 5. The molecule has 0 saturated carbocycles. The SMILES string of the molecule is CC(C)CN1C(=O)C(=O)N(CC(=O)N(C)[C@@H](C)c2nc3ccccc3s2)C1=O. The number of fused-ring (bicyclic) bond motifs is 1. The van der Waals surface area contributed by atoms with Crippen LogP contribution in [0.5, 0.6) is 0 Å². The fraction of sp³-hybridized carbons (Fsp3) is 0.421. The number of aromatic nitrogens is 1. The van der Waals surface area contributed by atoms with Gasteiger partial charge in [0.05, 0.1) is 16.3 Å². The number of urea groups is 1. The Labute approximate surface area is 166 Å². The maximum absolute atomic E-state index is 12.7. The molecule has 0 spiro atoms. The van der Waals surface area contributed by atoms with E-state index in [1.54, 1.807) is 7.05 Å². The van der Waals surface area contributed by atoms with Crippen molar-refractivity contribution in [2.24, 2.45) is 5.92 Å². The Morgan fingerprint density at radius 2 is 1.75 bits per heavy atom. The van der Waals surface area contributed by atoms with E-state index in [1.807, 2.05) is 45.0 Å². The predicted octanol–water partition coefficient (Wildman–Crippen LogP) is 2.26. The van der Waals surface area contributed by atoms with Gasteiger partial charge in [0, 0.05) is 13.6 Å².